The smallest absolute Gasteiger partial charge is 0.412 e. The first-order valence-corrected chi connectivity index (χ1v) is 14.1. The minimum absolute atomic E-state index is 0.199. The Balaban J connectivity index is 0.00000237. The fourth-order valence-corrected chi connectivity index (χ4v) is 4.12. The summed E-state index contributed by atoms with van der Waals surface area (Å²) in [5, 5.41) is 12.0. The van der Waals surface area contributed by atoms with Gasteiger partial charge in [0, 0.05) is 5.41 Å². The van der Waals surface area contributed by atoms with Crippen LogP contribution in [0.25, 0.3) is 0 Å². The molecule has 2 N–H and O–H groups in total. The van der Waals surface area contributed by atoms with Crippen molar-refractivity contribution in [1.82, 2.24) is 5.32 Å². The number of rotatable bonds is 11. The van der Waals surface area contributed by atoms with E-state index in [1.54, 1.807) is 31.2 Å². The van der Waals surface area contributed by atoms with Crippen LogP contribution >= 0.6 is 0 Å². The molecule has 7 heteroatoms. The molecule has 0 spiro atoms. The summed E-state index contributed by atoms with van der Waals surface area (Å²) in [5.74, 6) is 1.78. The number of benzene rings is 4. The Morgan fingerprint density at radius 2 is 1.31 bits per heavy atom. The van der Waals surface area contributed by atoms with Crippen LogP contribution in [0.4, 0.5) is 10.5 Å². The number of amides is 1. The number of hydrogen-bond acceptors (Lipinski definition) is 6. The molecule has 1 amide bonds. The number of carbonyl (C=O) groups excluding carboxylic acids is 1. The third-order valence-electron chi connectivity index (χ3n) is 6.48. The Labute approximate surface area is 248 Å². The fourth-order valence-electron chi connectivity index (χ4n) is 4.12. The molecule has 0 saturated carbocycles. The monoisotopic (exact) mass is 568 g/mol. The summed E-state index contributed by atoms with van der Waals surface area (Å²) in [7, 11) is 0. The van der Waals surface area contributed by atoms with Crippen LogP contribution in [0.2, 0.25) is 0 Å². The predicted molar refractivity (Wildman–Crippen MR) is 168 cm³/mol. The molecular weight excluding hydrogens is 528 g/mol. The van der Waals surface area contributed by atoms with Crippen LogP contribution in [0.3, 0.4) is 0 Å². The first kappa shape index (κ1) is 31.7. The summed E-state index contributed by atoms with van der Waals surface area (Å²) in [6, 6.07) is 30.9. The van der Waals surface area contributed by atoms with E-state index in [4.69, 9.17) is 14.2 Å². The predicted octanol–water partition coefficient (Wildman–Crippen LogP) is 8.31. The number of nitrogens with zero attached hydrogens (tertiary/aromatic N) is 1. The number of phenols is 1. The van der Waals surface area contributed by atoms with E-state index in [1.165, 1.54) is 6.34 Å². The van der Waals surface area contributed by atoms with Gasteiger partial charge in [-0.3, -0.25) is 5.32 Å². The van der Waals surface area contributed by atoms with Gasteiger partial charge in [0.2, 0.25) is 0 Å². The van der Waals surface area contributed by atoms with Crippen LogP contribution in [0.5, 0.6) is 17.2 Å². The van der Waals surface area contributed by atoms with Crippen molar-refractivity contribution in [2.75, 3.05) is 6.61 Å². The normalized spacial score (nSPS) is 10.9. The standard InChI is InChI=1S/C33H34N2O5.C2H6/c1-4-38-32(37)35-23-34-28-12-18-31(19-13-28)40-22-25-7-5-6-24(20-25)21-39-30-16-10-27(11-17-30)33(2,3)26-8-14-29(36)15-9-26;1-2/h5-20,23,36H,4,21-22H2,1-3H3,(H,34,35,37);1-2H3. The minimum Gasteiger partial charge on any atom is -0.508 e. The lowest BCUT2D eigenvalue weighted by Gasteiger charge is -2.26. The molecule has 0 heterocycles. The van der Waals surface area contributed by atoms with E-state index in [9.17, 15) is 9.90 Å². The van der Waals surface area contributed by atoms with Crippen molar-refractivity contribution in [3.8, 4) is 17.2 Å². The van der Waals surface area contributed by atoms with Crippen molar-refractivity contribution in [1.29, 1.82) is 0 Å². The van der Waals surface area contributed by atoms with Gasteiger partial charge in [-0.05, 0) is 83.8 Å². The maximum Gasteiger partial charge on any atom is 0.412 e. The molecule has 0 bridgehead atoms. The van der Waals surface area contributed by atoms with Crippen molar-refractivity contribution in [3.63, 3.8) is 0 Å². The van der Waals surface area contributed by atoms with Crippen LogP contribution in [0, 0.1) is 0 Å². The molecule has 220 valence electrons. The molecule has 4 rings (SSSR count). The molecule has 0 aromatic heterocycles. The van der Waals surface area contributed by atoms with Gasteiger partial charge in [-0.25, -0.2) is 9.79 Å². The third kappa shape index (κ3) is 9.41. The number of ether oxygens (including phenoxy) is 3. The zero-order valence-electron chi connectivity index (χ0n) is 25.0. The summed E-state index contributed by atoms with van der Waals surface area (Å²) in [5.41, 5.74) is 4.86. The number of nitrogens with one attached hydrogen (secondary N) is 1. The van der Waals surface area contributed by atoms with Crippen LogP contribution in [0.15, 0.2) is 102 Å². The van der Waals surface area contributed by atoms with Gasteiger partial charge >= 0.3 is 6.09 Å². The van der Waals surface area contributed by atoms with Crippen molar-refractivity contribution in [2.45, 2.75) is 53.2 Å². The quantitative estimate of drug-likeness (QED) is 0.140. The lowest BCUT2D eigenvalue weighted by molar-refractivity contribution is 0.158. The van der Waals surface area contributed by atoms with E-state index in [0.717, 1.165) is 28.0 Å². The first-order chi connectivity index (χ1) is 20.3. The summed E-state index contributed by atoms with van der Waals surface area (Å²) in [6.45, 7) is 11.2. The lowest BCUT2D eigenvalue weighted by atomic mass is 9.78. The Bertz CT molecular complexity index is 1410. The van der Waals surface area contributed by atoms with E-state index in [0.29, 0.717) is 31.3 Å². The molecule has 4 aromatic rings. The molecule has 0 atom stereocenters. The highest BCUT2D eigenvalue weighted by atomic mass is 16.5. The minimum atomic E-state index is -0.539. The maximum atomic E-state index is 11.3. The second-order valence-corrected chi connectivity index (χ2v) is 9.71. The second kappa shape index (κ2) is 15.9. The van der Waals surface area contributed by atoms with Crippen molar-refractivity contribution < 1.29 is 24.1 Å². The van der Waals surface area contributed by atoms with E-state index >= 15 is 0 Å². The van der Waals surface area contributed by atoms with Gasteiger partial charge in [0.1, 0.15) is 30.5 Å². The Kier molecular flexibility index (Phi) is 12.0. The summed E-state index contributed by atoms with van der Waals surface area (Å²) >= 11 is 0. The number of hydrogen-bond donors (Lipinski definition) is 2. The van der Waals surface area contributed by atoms with E-state index in [2.05, 4.69) is 42.4 Å². The second-order valence-electron chi connectivity index (χ2n) is 9.71. The number of aliphatic imine (C=N–C) groups is 1. The topological polar surface area (TPSA) is 89.4 Å². The van der Waals surface area contributed by atoms with Crippen LogP contribution < -0.4 is 14.8 Å². The van der Waals surface area contributed by atoms with Gasteiger partial charge in [-0.1, -0.05) is 70.2 Å². The summed E-state index contributed by atoms with van der Waals surface area (Å²) < 4.78 is 16.8. The van der Waals surface area contributed by atoms with Crippen molar-refractivity contribution >= 4 is 18.1 Å². The van der Waals surface area contributed by atoms with Gasteiger partial charge in [0.25, 0.3) is 0 Å². The average Bonchev–Trinajstić information content (AvgIpc) is 3.01. The maximum absolute atomic E-state index is 11.3. The highest BCUT2D eigenvalue weighted by Crippen LogP contribution is 2.33. The Hall–Kier alpha value is -4.78. The Morgan fingerprint density at radius 3 is 1.83 bits per heavy atom. The molecule has 0 aliphatic heterocycles. The number of alkyl carbamates (subject to hydrolysis) is 1. The van der Waals surface area contributed by atoms with Crippen molar-refractivity contribution in [3.05, 3.63) is 119 Å². The van der Waals surface area contributed by atoms with Gasteiger partial charge in [-0.15, -0.1) is 0 Å². The van der Waals surface area contributed by atoms with Crippen molar-refractivity contribution in [2.24, 2.45) is 4.99 Å². The Morgan fingerprint density at radius 1 is 0.810 bits per heavy atom. The van der Waals surface area contributed by atoms with Crippen LogP contribution in [0.1, 0.15) is 56.9 Å². The van der Waals surface area contributed by atoms with E-state index in [-0.39, 0.29) is 11.2 Å². The molecule has 0 unspecified atom stereocenters. The van der Waals surface area contributed by atoms with E-state index < -0.39 is 6.09 Å². The summed E-state index contributed by atoms with van der Waals surface area (Å²) in [4.78, 5) is 15.4. The molecular formula is C35H40N2O5. The third-order valence-corrected chi connectivity index (χ3v) is 6.48. The SMILES string of the molecule is CC.CCOC(=O)NC=Nc1ccc(OCc2cccc(COc3ccc(C(C)(C)c4ccc(O)cc4)cc3)c2)cc1. The molecule has 0 fully saturated rings. The van der Waals surface area contributed by atoms with E-state index in [1.807, 2.05) is 68.4 Å². The average molecular weight is 569 g/mol. The van der Waals surface area contributed by atoms with Crippen LogP contribution in [-0.4, -0.2) is 24.1 Å². The first-order valence-electron chi connectivity index (χ1n) is 14.1. The number of carbonyl (C=O) groups is 1. The molecule has 0 saturated heterocycles. The van der Waals surface area contributed by atoms with Gasteiger partial charge < -0.3 is 19.3 Å². The molecule has 42 heavy (non-hydrogen) atoms. The van der Waals surface area contributed by atoms with Gasteiger partial charge in [-0.2, -0.15) is 0 Å². The fraction of sp³-hybridized carbons (Fsp3) is 0.257. The molecule has 0 radical (unpaired) electrons. The van der Waals surface area contributed by atoms with Crippen LogP contribution in [-0.2, 0) is 23.4 Å². The zero-order chi connectivity index (χ0) is 30.4. The molecule has 4 aromatic carbocycles. The number of phenolic OH excluding ortho intramolecular Hbond substituents is 1. The highest BCUT2D eigenvalue weighted by molar-refractivity contribution is 5.83. The zero-order valence-corrected chi connectivity index (χ0v) is 25.0. The number of aromatic hydroxyl groups is 1. The lowest BCUT2D eigenvalue weighted by Crippen LogP contribution is -2.22. The highest BCUT2D eigenvalue weighted by Gasteiger charge is 2.23. The molecule has 0 aliphatic carbocycles. The molecule has 0 aliphatic rings. The van der Waals surface area contributed by atoms with Gasteiger partial charge in [0.15, 0.2) is 0 Å². The summed E-state index contributed by atoms with van der Waals surface area (Å²) in [6.07, 6.45) is 0.761. The van der Waals surface area contributed by atoms with Gasteiger partial charge in [0.05, 0.1) is 18.6 Å². The largest absolute Gasteiger partial charge is 0.508 e. The molecule has 7 nitrogen and oxygen atoms in total.